The largest absolute Gasteiger partial charge is 0.493 e. The number of ether oxygens (including phenoxy) is 1. The van der Waals surface area contributed by atoms with Gasteiger partial charge in [0.1, 0.15) is 5.75 Å². The van der Waals surface area contributed by atoms with Crippen LogP contribution in [-0.2, 0) is 4.79 Å². The minimum Gasteiger partial charge on any atom is -0.493 e. The molecule has 1 aliphatic heterocycles. The third-order valence-corrected chi connectivity index (χ3v) is 6.54. The number of amides is 2. The Morgan fingerprint density at radius 2 is 1.65 bits per heavy atom. The van der Waals surface area contributed by atoms with E-state index in [1.807, 2.05) is 64.4 Å². The van der Waals surface area contributed by atoms with Gasteiger partial charge in [0.25, 0.3) is 5.91 Å². The molecule has 0 unspecified atom stereocenters. The van der Waals surface area contributed by atoms with Crippen LogP contribution in [-0.4, -0.2) is 53.9 Å². The van der Waals surface area contributed by atoms with Crippen molar-refractivity contribution in [1.82, 2.24) is 9.80 Å². The monoisotopic (exact) mass is 458 g/mol. The Balaban J connectivity index is 1.27. The summed E-state index contributed by atoms with van der Waals surface area (Å²) in [5.74, 6) is 1.14. The highest BCUT2D eigenvalue weighted by Gasteiger charge is 2.29. The van der Waals surface area contributed by atoms with Gasteiger partial charge in [0.05, 0.1) is 6.61 Å². The number of rotatable bonds is 9. The van der Waals surface area contributed by atoms with E-state index in [1.54, 1.807) is 0 Å². The number of hydrogen-bond acceptors (Lipinski definition) is 3. The average Bonchev–Trinajstić information content (AvgIpc) is 2.90. The van der Waals surface area contributed by atoms with Crippen LogP contribution in [0.3, 0.4) is 0 Å². The van der Waals surface area contributed by atoms with Gasteiger partial charge in [-0.3, -0.25) is 9.59 Å². The molecule has 1 saturated heterocycles. The minimum atomic E-state index is 0.0815. The van der Waals surface area contributed by atoms with E-state index in [2.05, 4.69) is 25.1 Å². The lowest BCUT2D eigenvalue weighted by molar-refractivity contribution is -0.134. The first kappa shape index (κ1) is 23.8. The summed E-state index contributed by atoms with van der Waals surface area (Å²) in [6, 6.07) is 23.9. The quantitative estimate of drug-likeness (QED) is 0.396. The molecule has 1 aliphatic rings. The molecule has 0 aliphatic carbocycles. The van der Waals surface area contributed by atoms with Crippen LogP contribution in [0.15, 0.2) is 72.8 Å². The fourth-order valence-electron chi connectivity index (χ4n) is 4.77. The van der Waals surface area contributed by atoms with Crippen molar-refractivity contribution in [2.24, 2.45) is 0 Å². The van der Waals surface area contributed by atoms with Gasteiger partial charge in [0.15, 0.2) is 0 Å². The molecule has 0 bridgehead atoms. The molecular formula is C29H34N2O3. The summed E-state index contributed by atoms with van der Waals surface area (Å²) in [5.41, 5.74) is 0.730. The Kier molecular flexibility index (Phi) is 8.18. The lowest BCUT2D eigenvalue weighted by Crippen LogP contribution is -2.49. The highest BCUT2D eigenvalue weighted by molar-refractivity contribution is 5.94. The van der Waals surface area contributed by atoms with Crippen molar-refractivity contribution >= 4 is 22.6 Å². The molecule has 1 heterocycles. The smallest absolute Gasteiger partial charge is 0.253 e. The van der Waals surface area contributed by atoms with Crippen LogP contribution in [0, 0.1) is 0 Å². The minimum absolute atomic E-state index is 0.0815. The van der Waals surface area contributed by atoms with E-state index in [4.69, 9.17) is 4.74 Å². The summed E-state index contributed by atoms with van der Waals surface area (Å²) in [7, 11) is 0. The van der Waals surface area contributed by atoms with Gasteiger partial charge in [0.2, 0.25) is 5.91 Å². The van der Waals surface area contributed by atoms with Crippen molar-refractivity contribution < 1.29 is 14.3 Å². The number of piperidine rings is 1. The van der Waals surface area contributed by atoms with Crippen LogP contribution in [0.2, 0.25) is 0 Å². The van der Waals surface area contributed by atoms with Crippen LogP contribution >= 0.6 is 0 Å². The Labute approximate surface area is 202 Å². The van der Waals surface area contributed by atoms with Crippen LogP contribution in [0.25, 0.3) is 10.8 Å². The normalized spacial score (nSPS) is 14.2. The topological polar surface area (TPSA) is 49.9 Å². The second-order valence-electron chi connectivity index (χ2n) is 8.91. The Morgan fingerprint density at radius 3 is 2.41 bits per heavy atom. The summed E-state index contributed by atoms with van der Waals surface area (Å²) in [5, 5.41) is 2.25. The van der Waals surface area contributed by atoms with E-state index in [9.17, 15) is 9.59 Å². The highest BCUT2D eigenvalue weighted by Crippen LogP contribution is 2.25. The van der Waals surface area contributed by atoms with Gasteiger partial charge in [-0.2, -0.15) is 0 Å². The lowest BCUT2D eigenvalue weighted by Gasteiger charge is -2.38. The summed E-state index contributed by atoms with van der Waals surface area (Å²) >= 11 is 0. The number of fused-ring (bicyclic) bond motifs is 1. The van der Waals surface area contributed by atoms with Gasteiger partial charge in [-0.25, -0.2) is 0 Å². The maximum Gasteiger partial charge on any atom is 0.253 e. The van der Waals surface area contributed by atoms with Crippen LogP contribution in [0.1, 0.15) is 49.4 Å². The Hall–Kier alpha value is -3.34. The molecule has 0 N–H and O–H groups in total. The number of carbonyl (C=O) groups excluding carboxylic acids is 2. The first-order valence-corrected chi connectivity index (χ1v) is 12.4. The Morgan fingerprint density at radius 1 is 0.941 bits per heavy atom. The molecule has 3 aromatic carbocycles. The predicted octanol–water partition coefficient (Wildman–Crippen LogP) is 5.54. The van der Waals surface area contributed by atoms with Crippen molar-refractivity contribution in [2.75, 3.05) is 26.2 Å². The molecule has 0 radical (unpaired) electrons. The van der Waals surface area contributed by atoms with Crippen LogP contribution in [0.4, 0.5) is 0 Å². The SMILES string of the molecule is CCCN(C(=O)CCCOc1cccc2ccccc12)C1CCN(C(=O)c2ccccc2)CC1. The molecule has 2 amide bonds. The molecular weight excluding hydrogens is 424 g/mol. The summed E-state index contributed by atoms with van der Waals surface area (Å²) < 4.78 is 6.02. The summed E-state index contributed by atoms with van der Waals surface area (Å²) in [6.45, 7) is 4.77. The van der Waals surface area contributed by atoms with Crippen LogP contribution < -0.4 is 4.74 Å². The predicted molar refractivity (Wildman–Crippen MR) is 136 cm³/mol. The zero-order valence-corrected chi connectivity index (χ0v) is 20.0. The first-order valence-electron chi connectivity index (χ1n) is 12.4. The van der Waals surface area contributed by atoms with Crippen molar-refractivity contribution in [1.29, 1.82) is 0 Å². The molecule has 4 rings (SSSR count). The number of carbonyl (C=O) groups is 2. The van der Waals surface area contributed by atoms with Gasteiger partial charge in [-0.15, -0.1) is 0 Å². The van der Waals surface area contributed by atoms with E-state index in [0.29, 0.717) is 32.5 Å². The number of benzene rings is 3. The maximum atomic E-state index is 13.1. The van der Waals surface area contributed by atoms with E-state index < -0.39 is 0 Å². The van der Waals surface area contributed by atoms with E-state index in [0.717, 1.165) is 47.9 Å². The van der Waals surface area contributed by atoms with Crippen molar-refractivity contribution in [3.8, 4) is 5.75 Å². The number of likely N-dealkylation sites (tertiary alicyclic amines) is 1. The molecule has 1 fully saturated rings. The summed E-state index contributed by atoms with van der Waals surface area (Å²) in [6.07, 6.45) is 3.76. The first-order chi connectivity index (χ1) is 16.7. The third kappa shape index (κ3) is 5.77. The van der Waals surface area contributed by atoms with Gasteiger partial charge in [-0.1, -0.05) is 61.5 Å². The van der Waals surface area contributed by atoms with Gasteiger partial charge in [0, 0.05) is 43.0 Å². The second-order valence-corrected chi connectivity index (χ2v) is 8.91. The van der Waals surface area contributed by atoms with Crippen LogP contribution in [0.5, 0.6) is 5.75 Å². The maximum absolute atomic E-state index is 13.1. The van der Waals surface area contributed by atoms with Crippen molar-refractivity contribution in [2.45, 2.75) is 45.1 Å². The fraction of sp³-hybridized carbons (Fsp3) is 0.379. The van der Waals surface area contributed by atoms with Gasteiger partial charge < -0.3 is 14.5 Å². The molecule has 0 spiro atoms. The van der Waals surface area contributed by atoms with E-state index in [-0.39, 0.29) is 17.9 Å². The van der Waals surface area contributed by atoms with Gasteiger partial charge in [-0.05, 0) is 49.3 Å². The number of hydrogen-bond donors (Lipinski definition) is 0. The molecule has 3 aromatic rings. The number of nitrogens with zero attached hydrogens (tertiary/aromatic N) is 2. The Bertz CT molecular complexity index is 1090. The van der Waals surface area contributed by atoms with Gasteiger partial charge >= 0.3 is 0 Å². The zero-order chi connectivity index (χ0) is 23.8. The molecule has 5 nitrogen and oxygen atoms in total. The third-order valence-electron chi connectivity index (χ3n) is 6.54. The molecule has 178 valence electrons. The standard InChI is InChI=1S/C29H34N2O3/c1-2-19-31(25-17-20-30(21-18-25)29(33)24-11-4-3-5-12-24)28(32)16-9-22-34-27-15-8-13-23-10-6-7-14-26(23)27/h3-8,10-15,25H,2,9,16-22H2,1H3. The van der Waals surface area contributed by atoms with E-state index in [1.165, 1.54) is 0 Å². The molecule has 0 aromatic heterocycles. The van der Waals surface area contributed by atoms with Crippen molar-refractivity contribution in [3.63, 3.8) is 0 Å². The van der Waals surface area contributed by atoms with E-state index >= 15 is 0 Å². The summed E-state index contributed by atoms with van der Waals surface area (Å²) in [4.78, 5) is 29.8. The molecule has 0 atom stereocenters. The zero-order valence-electron chi connectivity index (χ0n) is 20.0. The average molecular weight is 459 g/mol. The lowest BCUT2D eigenvalue weighted by atomic mass is 10.0. The second kappa shape index (κ2) is 11.7. The van der Waals surface area contributed by atoms with Crippen molar-refractivity contribution in [3.05, 3.63) is 78.4 Å². The molecule has 34 heavy (non-hydrogen) atoms. The fourth-order valence-corrected chi connectivity index (χ4v) is 4.77. The molecule has 0 saturated carbocycles. The highest BCUT2D eigenvalue weighted by atomic mass is 16.5. The molecule has 5 heteroatoms.